The number of nitrogens with one attached hydrogen (secondary N) is 2. The molecule has 0 amide bonds. The van der Waals surface area contributed by atoms with Gasteiger partial charge in [0.15, 0.2) is 11.6 Å². The van der Waals surface area contributed by atoms with Crippen LogP contribution < -0.4 is 10.6 Å². The van der Waals surface area contributed by atoms with Crippen LogP contribution in [-0.2, 0) is 0 Å². The molecule has 22 heavy (non-hydrogen) atoms. The third-order valence-corrected chi connectivity index (χ3v) is 3.38. The zero-order valence-electron chi connectivity index (χ0n) is 12.4. The molecule has 3 aromatic rings. The number of fused-ring (bicyclic) bond motifs is 1. The molecule has 0 aliphatic rings. The third-order valence-electron chi connectivity index (χ3n) is 2.97. The summed E-state index contributed by atoms with van der Waals surface area (Å²) in [6, 6.07) is 5.88. The van der Waals surface area contributed by atoms with E-state index in [1.165, 1.54) is 0 Å². The summed E-state index contributed by atoms with van der Waals surface area (Å²) in [5.41, 5.74) is 2.52. The largest absolute Gasteiger partial charge is 0.365 e. The lowest BCUT2D eigenvalue weighted by Crippen LogP contribution is -2.13. The minimum Gasteiger partial charge on any atom is -0.365 e. The standard InChI is InChI=1S/C14H15ClN6O/c1-7(2)16-11-12(19-14-13(18-11)20-22-21-14)17-9-5-4-8(3)10(15)6-9/h4-7H,1-3H3,(H,16,18,20)(H,17,19,21). The summed E-state index contributed by atoms with van der Waals surface area (Å²) in [7, 11) is 0. The Morgan fingerprint density at radius 2 is 1.77 bits per heavy atom. The first-order valence-electron chi connectivity index (χ1n) is 6.83. The number of benzene rings is 1. The number of anilines is 3. The van der Waals surface area contributed by atoms with Crippen LogP contribution in [0.5, 0.6) is 0 Å². The van der Waals surface area contributed by atoms with Gasteiger partial charge in [0.05, 0.1) is 0 Å². The van der Waals surface area contributed by atoms with Crippen molar-refractivity contribution in [3.05, 3.63) is 28.8 Å². The Hall–Kier alpha value is -2.41. The maximum atomic E-state index is 6.15. The van der Waals surface area contributed by atoms with E-state index in [0.29, 0.717) is 28.0 Å². The molecule has 0 radical (unpaired) electrons. The Bertz CT molecular complexity index is 816. The van der Waals surface area contributed by atoms with Crippen molar-refractivity contribution in [2.75, 3.05) is 10.6 Å². The van der Waals surface area contributed by atoms with E-state index >= 15 is 0 Å². The van der Waals surface area contributed by atoms with Gasteiger partial charge in [-0.2, -0.15) is 0 Å². The van der Waals surface area contributed by atoms with Crippen molar-refractivity contribution < 1.29 is 4.63 Å². The highest BCUT2D eigenvalue weighted by atomic mass is 35.5. The van der Waals surface area contributed by atoms with Gasteiger partial charge in [-0.3, -0.25) is 0 Å². The first kappa shape index (κ1) is 14.5. The molecule has 0 saturated carbocycles. The van der Waals surface area contributed by atoms with Gasteiger partial charge in [-0.25, -0.2) is 14.6 Å². The maximum Gasteiger partial charge on any atom is 0.245 e. The van der Waals surface area contributed by atoms with Crippen molar-refractivity contribution in [3.63, 3.8) is 0 Å². The van der Waals surface area contributed by atoms with Crippen LogP contribution in [-0.4, -0.2) is 26.3 Å². The smallest absolute Gasteiger partial charge is 0.245 e. The summed E-state index contributed by atoms with van der Waals surface area (Å²) in [6.45, 7) is 5.98. The highest BCUT2D eigenvalue weighted by Crippen LogP contribution is 2.27. The van der Waals surface area contributed by atoms with Gasteiger partial charge >= 0.3 is 0 Å². The summed E-state index contributed by atoms with van der Waals surface area (Å²) in [5.74, 6) is 1.12. The van der Waals surface area contributed by atoms with Crippen molar-refractivity contribution in [2.24, 2.45) is 0 Å². The van der Waals surface area contributed by atoms with Crippen LogP contribution in [0.25, 0.3) is 11.3 Å². The Balaban J connectivity index is 2.01. The molecule has 114 valence electrons. The molecule has 2 heterocycles. The highest BCUT2D eigenvalue weighted by molar-refractivity contribution is 6.31. The van der Waals surface area contributed by atoms with Crippen molar-refractivity contribution in [3.8, 4) is 0 Å². The van der Waals surface area contributed by atoms with Gasteiger partial charge in [-0.1, -0.05) is 17.7 Å². The zero-order chi connectivity index (χ0) is 15.7. The first-order valence-corrected chi connectivity index (χ1v) is 7.21. The second kappa shape index (κ2) is 5.76. The van der Waals surface area contributed by atoms with E-state index < -0.39 is 0 Å². The number of hydrogen-bond acceptors (Lipinski definition) is 7. The summed E-state index contributed by atoms with van der Waals surface area (Å²) in [5, 5.41) is 14.5. The minimum absolute atomic E-state index is 0.189. The SMILES string of the molecule is Cc1ccc(Nc2nc3nonc3nc2NC(C)C)cc1Cl. The normalized spacial score (nSPS) is 11.1. The Morgan fingerprint density at radius 1 is 1.09 bits per heavy atom. The highest BCUT2D eigenvalue weighted by Gasteiger charge is 2.14. The quantitative estimate of drug-likeness (QED) is 0.760. The topological polar surface area (TPSA) is 88.8 Å². The molecule has 3 rings (SSSR count). The second-order valence-electron chi connectivity index (χ2n) is 5.22. The fourth-order valence-electron chi connectivity index (χ4n) is 1.91. The molecule has 0 fully saturated rings. The van der Waals surface area contributed by atoms with E-state index in [-0.39, 0.29) is 6.04 Å². The van der Waals surface area contributed by atoms with Gasteiger partial charge in [0.1, 0.15) is 0 Å². The Morgan fingerprint density at radius 3 is 2.41 bits per heavy atom. The van der Waals surface area contributed by atoms with Crippen LogP contribution in [0.1, 0.15) is 19.4 Å². The van der Waals surface area contributed by atoms with Crippen molar-refractivity contribution in [2.45, 2.75) is 26.8 Å². The molecule has 7 nitrogen and oxygen atoms in total. The Labute approximate surface area is 132 Å². The Kier molecular flexibility index (Phi) is 3.81. The number of hydrogen-bond donors (Lipinski definition) is 2. The van der Waals surface area contributed by atoms with E-state index in [1.807, 2.05) is 39.0 Å². The lowest BCUT2D eigenvalue weighted by atomic mass is 10.2. The van der Waals surface area contributed by atoms with Gasteiger partial charge in [-0.15, -0.1) is 0 Å². The summed E-state index contributed by atoms with van der Waals surface area (Å²) in [4.78, 5) is 8.76. The molecule has 0 aliphatic carbocycles. The van der Waals surface area contributed by atoms with Gasteiger partial charge < -0.3 is 10.6 Å². The molecule has 2 aromatic heterocycles. The average Bonchev–Trinajstić information content (AvgIpc) is 2.89. The molecule has 1 aromatic carbocycles. The average molecular weight is 319 g/mol. The number of aryl methyl sites for hydroxylation is 1. The number of aromatic nitrogens is 4. The molecule has 8 heteroatoms. The number of halogens is 1. The summed E-state index contributed by atoms with van der Waals surface area (Å²) < 4.78 is 4.66. The second-order valence-corrected chi connectivity index (χ2v) is 5.63. The van der Waals surface area contributed by atoms with Crippen LogP contribution in [0.4, 0.5) is 17.3 Å². The van der Waals surface area contributed by atoms with Crippen LogP contribution in [0, 0.1) is 6.92 Å². The van der Waals surface area contributed by atoms with E-state index in [9.17, 15) is 0 Å². The van der Waals surface area contributed by atoms with Crippen molar-refractivity contribution in [1.29, 1.82) is 0 Å². The zero-order valence-corrected chi connectivity index (χ0v) is 13.1. The molecule has 0 bridgehead atoms. The van der Waals surface area contributed by atoms with Gasteiger partial charge in [0, 0.05) is 16.8 Å². The van der Waals surface area contributed by atoms with Crippen LogP contribution in [0.2, 0.25) is 5.02 Å². The van der Waals surface area contributed by atoms with E-state index in [0.717, 1.165) is 11.3 Å². The summed E-state index contributed by atoms with van der Waals surface area (Å²) in [6.07, 6.45) is 0. The summed E-state index contributed by atoms with van der Waals surface area (Å²) >= 11 is 6.15. The fraction of sp³-hybridized carbons (Fsp3) is 0.286. The van der Waals surface area contributed by atoms with E-state index in [4.69, 9.17) is 11.6 Å². The van der Waals surface area contributed by atoms with Crippen LogP contribution in [0.15, 0.2) is 22.8 Å². The molecular formula is C14H15ClN6O. The molecule has 0 unspecified atom stereocenters. The third kappa shape index (κ3) is 2.94. The molecule has 0 saturated heterocycles. The molecular weight excluding hydrogens is 304 g/mol. The fourth-order valence-corrected chi connectivity index (χ4v) is 2.09. The van der Waals surface area contributed by atoms with Crippen LogP contribution in [0.3, 0.4) is 0 Å². The number of rotatable bonds is 4. The lowest BCUT2D eigenvalue weighted by molar-refractivity contribution is 0.314. The molecule has 0 atom stereocenters. The van der Waals surface area contributed by atoms with Gasteiger partial charge in [0.25, 0.3) is 0 Å². The van der Waals surface area contributed by atoms with Crippen LogP contribution >= 0.6 is 11.6 Å². The lowest BCUT2D eigenvalue weighted by Gasteiger charge is -2.14. The van der Waals surface area contributed by atoms with Gasteiger partial charge in [0.2, 0.25) is 11.3 Å². The first-order chi connectivity index (χ1) is 10.5. The monoisotopic (exact) mass is 318 g/mol. The number of nitrogens with zero attached hydrogens (tertiary/aromatic N) is 4. The van der Waals surface area contributed by atoms with Crippen molar-refractivity contribution in [1.82, 2.24) is 20.3 Å². The minimum atomic E-state index is 0.189. The van der Waals surface area contributed by atoms with Gasteiger partial charge in [-0.05, 0) is 48.8 Å². The van der Waals surface area contributed by atoms with Crippen molar-refractivity contribution >= 4 is 40.2 Å². The molecule has 2 N–H and O–H groups in total. The molecule has 0 aliphatic heterocycles. The maximum absolute atomic E-state index is 6.15. The molecule has 0 spiro atoms. The van der Waals surface area contributed by atoms with E-state index in [1.54, 1.807) is 0 Å². The van der Waals surface area contributed by atoms with E-state index in [2.05, 4.69) is 35.5 Å². The predicted molar refractivity (Wildman–Crippen MR) is 85.6 cm³/mol. The predicted octanol–water partition coefficient (Wildman–Crippen LogP) is 3.54.